The SMILES string of the molecule is CC(=O)Nc1ccc(F)c(C(=O)NCC(N2CCNCC2)C(F)(F)F)c1. The van der Waals surface area contributed by atoms with Crippen LogP contribution in [-0.2, 0) is 4.79 Å². The van der Waals surface area contributed by atoms with Crippen LogP contribution in [0.5, 0.6) is 0 Å². The third kappa shape index (κ3) is 5.40. The Morgan fingerprint density at radius 3 is 2.50 bits per heavy atom. The Bertz CT molecular complexity index is 660. The van der Waals surface area contributed by atoms with Crippen molar-refractivity contribution in [3.05, 3.63) is 29.6 Å². The molecule has 0 aromatic heterocycles. The van der Waals surface area contributed by atoms with Crippen LogP contribution in [0.3, 0.4) is 0 Å². The van der Waals surface area contributed by atoms with E-state index in [9.17, 15) is 27.2 Å². The number of hydrogen-bond donors (Lipinski definition) is 3. The highest BCUT2D eigenvalue weighted by Gasteiger charge is 2.43. The maximum Gasteiger partial charge on any atom is 0.405 e. The quantitative estimate of drug-likeness (QED) is 0.679. The number of rotatable bonds is 5. The molecule has 1 unspecified atom stereocenters. The van der Waals surface area contributed by atoms with Crippen molar-refractivity contribution in [1.29, 1.82) is 0 Å². The van der Waals surface area contributed by atoms with Gasteiger partial charge in [-0.25, -0.2) is 4.39 Å². The normalized spacial score (nSPS) is 16.8. The second kappa shape index (κ2) is 8.45. The highest BCUT2D eigenvalue weighted by atomic mass is 19.4. The molecule has 6 nitrogen and oxygen atoms in total. The molecule has 1 aliphatic heterocycles. The molecule has 0 aliphatic carbocycles. The zero-order chi connectivity index (χ0) is 19.3. The minimum atomic E-state index is -4.53. The molecule has 3 N–H and O–H groups in total. The van der Waals surface area contributed by atoms with Gasteiger partial charge in [-0.15, -0.1) is 0 Å². The number of carbonyl (C=O) groups excluding carboxylic acids is 2. The third-order valence-corrected chi connectivity index (χ3v) is 3.96. The fraction of sp³-hybridized carbons (Fsp3) is 0.500. The summed E-state index contributed by atoms with van der Waals surface area (Å²) in [6.45, 7) is 1.80. The molecule has 0 bridgehead atoms. The van der Waals surface area contributed by atoms with Crippen molar-refractivity contribution in [3.8, 4) is 0 Å². The van der Waals surface area contributed by atoms with Gasteiger partial charge in [0.1, 0.15) is 11.9 Å². The molecule has 1 aromatic carbocycles. The number of amides is 2. The summed E-state index contributed by atoms with van der Waals surface area (Å²) in [6, 6.07) is 1.46. The Morgan fingerprint density at radius 1 is 1.27 bits per heavy atom. The van der Waals surface area contributed by atoms with Crippen LogP contribution in [0, 0.1) is 5.82 Å². The number of benzene rings is 1. The Hall–Kier alpha value is -2.20. The lowest BCUT2D eigenvalue weighted by Crippen LogP contribution is -2.57. The topological polar surface area (TPSA) is 73.5 Å². The summed E-state index contributed by atoms with van der Waals surface area (Å²) < 4.78 is 53.8. The number of alkyl halides is 3. The molecule has 10 heteroatoms. The molecule has 2 rings (SSSR count). The van der Waals surface area contributed by atoms with Crippen LogP contribution in [0.1, 0.15) is 17.3 Å². The number of carbonyl (C=O) groups is 2. The molecule has 1 aromatic rings. The molecular formula is C16H20F4N4O2. The smallest absolute Gasteiger partial charge is 0.350 e. The number of anilines is 1. The fourth-order valence-electron chi connectivity index (χ4n) is 2.71. The van der Waals surface area contributed by atoms with E-state index in [0.717, 1.165) is 12.1 Å². The molecule has 0 saturated carbocycles. The number of hydrogen-bond acceptors (Lipinski definition) is 4. The van der Waals surface area contributed by atoms with Crippen LogP contribution >= 0.6 is 0 Å². The van der Waals surface area contributed by atoms with E-state index >= 15 is 0 Å². The Morgan fingerprint density at radius 2 is 1.92 bits per heavy atom. The Balaban J connectivity index is 2.08. The molecule has 1 aliphatic rings. The van der Waals surface area contributed by atoms with Gasteiger partial charge < -0.3 is 16.0 Å². The first-order valence-corrected chi connectivity index (χ1v) is 8.05. The van der Waals surface area contributed by atoms with Gasteiger partial charge in [-0.1, -0.05) is 0 Å². The average Bonchev–Trinajstić information content (AvgIpc) is 2.56. The summed E-state index contributed by atoms with van der Waals surface area (Å²) >= 11 is 0. The first-order chi connectivity index (χ1) is 12.2. The van der Waals surface area contributed by atoms with Crippen molar-refractivity contribution < 1.29 is 27.2 Å². The van der Waals surface area contributed by atoms with Gasteiger partial charge >= 0.3 is 6.18 Å². The number of nitrogens with one attached hydrogen (secondary N) is 3. The van der Waals surface area contributed by atoms with Crippen LogP contribution in [0.2, 0.25) is 0 Å². The van der Waals surface area contributed by atoms with Gasteiger partial charge in [0.25, 0.3) is 5.91 Å². The number of halogens is 4. The van der Waals surface area contributed by atoms with Crippen LogP contribution in [-0.4, -0.2) is 61.7 Å². The Kier molecular flexibility index (Phi) is 6.54. The first kappa shape index (κ1) is 20.1. The zero-order valence-electron chi connectivity index (χ0n) is 14.1. The van der Waals surface area contributed by atoms with Crippen LogP contribution < -0.4 is 16.0 Å². The van der Waals surface area contributed by atoms with Crippen molar-refractivity contribution >= 4 is 17.5 Å². The zero-order valence-corrected chi connectivity index (χ0v) is 14.1. The van der Waals surface area contributed by atoms with Gasteiger partial charge in [0.15, 0.2) is 0 Å². The van der Waals surface area contributed by atoms with E-state index in [-0.39, 0.29) is 18.8 Å². The van der Waals surface area contributed by atoms with Crippen LogP contribution in [0.25, 0.3) is 0 Å². The summed E-state index contributed by atoms with van der Waals surface area (Å²) in [4.78, 5) is 24.4. The molecule has 2 amide bonds. The molecule has 1 atom stereocenters. The van der Waals surface area contributed by atoms with Crippen molar-refractivity contribution in [1.82, 2.24) is 15.5 Å². The molecule has 144 valence electrons. The number of nitrogens with zero attached hydrogens (tertiary/aromatic N) is 1. The summed E-state index contributed by atoms with van der Waals surface area (Å²) in [5.74, 6) is -2.28. The standard InChI is InChI=1S/C16H20F4N4O2/c1-10(25)23-11-2-3-13(17)12(8-11)15(26)22-9-14(16(18,19)20)24-6-4-21-5-7-24/h2-3,8,14,21H,4-7,9H2,1H3,(H,22,26)(H,23,25). The highest BCUT2D eigenvalue weighted by Crippen LogP contribution is 2.25. The highest BCUT2D eigenvalue weighted by molar-refractivity contribution is 5.97. The minimum Gasteiger partial charge on any atom is -0.350 e. The van der Waals surface area contributed by atoms with Gasteiger partial charge in [0, 0.05) is 45.3 Å². The summed E-state index contributed by atoms with van der Waals surface area (Å²) in [5, 5.41) is 7.50. The van der Waals surface area contributed by atoms with E-state index in [4.69, 9.17) is 0 Å². The van der Waals surface area contributed by atoms with Gasteiger partial charge in [-0.3, -0.25) is 14.5 Å². The molecular weight excluding hydrogens is 356 g/mol. The lowest BCUT2D eigenvalue weighted by atomic mass is 10.1. The van der Waals surface area contributed by atoms with Gasteiger partial charge in [-0.2, -0.15) is 13.2 Å². The van der Waals surface area contributed by atoms with Crippen molar-refractivity contribution in [3.63, 3.8) is 0 Å². The Labute approximate surface area is 147 Å². The van der Waals surface area contributed by atoms with E-state index in [1.807, 2.05) is 0 Å². The van der Waals surface area contributed by atoms with E-state index < -0.39 is 42.0 Å². The van der Waals surface area contributed by atoms with Crippen molar-refractivity contribution in [2.45, 2.75) is 19.1 Å². The monoisotopic (exact) mass is 376 g/mol. The second-order valence-electron chi connectivity index (χ2n) is 5.93. The van der Waals surface area contributed by atoms with E-state index in [1.54, 1.807) is 0 Å². The van der Waals surface area contributed by atoms with E-state index in [2.05, 4.69) is 16.0 Å². The summed E-state index contributed by atoms with van der Waals surface area (Å²) in [7, 11) is 0. The van der Waals surface area contributed by atoms with E-state index in [1.165, 1.54) is 17.9 Å². The van der Waals surface area contributed by atoms with Gasteiger partial charge in [0.05, 0.1) is 5.56 Å². The van der Waals surface area contributed by atoms with Crippen LogP contribution in [0.4, 0.5) is 23.2 Å². The van der Waals surface area contributed by atoms with Crippen molar-refractivity contribution in [2.24, 2.45) is 0 Å². The van der Waals surface area contributed by atoms with Crippen LogP contribution in [0.15, 0.2) is 18.2 Å². The molecule has 1 fully saturated rings. The third-order valence-electron chi connectivity index (χ3n) is 3.96. The molecule has 0 spiro atoms. The molecule has 1 saturated heterocycles. The predicted molar refractivity (Wildman–Crippen MR) is 87.3 cm³/mol. The minimum absolute atomic E-state index is 0.179. The summed E-state index contributed by atoms with van der Waals surface area (Å²) in [6.07, 6.45) is -4.53. The maximum absolute atomic E-state index is 13.9. The maximum atomic E-state index is 13.9. The van der Waals surface area contributed by atoms with E-state index in [0.29, 0.717) is 13.1 Å². The molecule has 0 radical (unpaired) electrons. The van der Waals surface area contributed by atoms with Gasteiger partial charge in [-0.05, 0) is 18.2 Å². The largest absolute Gasteiger partial charge is 0.405 e. The lowest BCUT2D eigenvalue weighted by Gasteiger charge is -2.35. The lowest BCUT2D eigenvalue weighted by molar-refractivity contribution is -0.183. The number of piperazine rings is 1. The first-order valence-electron chi connectivity index (χ1n) is 8.05. The molecule has 26 heavy (non-hydrogen) atoms. The second-order valence-corrected chi connectivity index (χ2v) is 5.93. The molecule has 1 heterocycles. The van der Waals surface area contributed by atoms with Crippen molar-refractivity contribution in [2.75, 3.05) is 38.0 Å². The fourth-order valence-corrected chi connectivity index (χ4v) is 2.71. The average molecular weight is 376 g/mol. The summed E-state index contributed by atoms with van der Waals surface area (Å²) in [5.41, 5.74) is -0.254. The predicted octanol–water partition coefficient (Wildman–Crippen LogP) is 1.35. The van der Waals surface area contributed by atoms with Gasteiger partial charge in [0.2, 0.25) is 5.91 Å².